The molecule has 0 aliphatic heterocycles. The van der Waals surface area contributed by atoms with E-state index in [0.717, 1.165) is 6.07 Å². The number of hydrogen-bond donors (Lipinski definition) is 1. The van der Waals surface area contributed by atoms with Gasteiger partial charge < -0.3 is 5.32 Å². The maximum Gasteiger partial charge on any atom is 0.269 e. The topological polar surface area (TPSA) is 72.2 Å². The third-order valence-corrected chi connectivity index (χ3v) is 3.53. The molecule has 21 heavy (non-hydrogen) atoms. The van der Waals surface area contributed by atoms with Crippen LogP contribution in [0.25, 0.3) is 0 Å². The van der Waals surface area contributed by atoms with Crippen molar-refractivity contribution in [2.24, 2.45) is 0 Å². The van der Waals surface area contributed by atoms with E-state index in [1.54, 1.807) is 6.92 Å². The third-order valence-electron chi connectivity index (χ3n) is 2.84. The molecule has 0 unspecified atom stereocenters. The predicted octanol–water partition coefficient (Wildman–Crippen LogP) is 4.06. The van der Waals surface area contributed by atoms with E-state index in [-0.39, 0.29) is 11.3 Å². The Hall–Kier alpha value is -2.28. The summed E-state index contributed by atoms with van der Waals surface area (Å²) in [6, 6.07) is 7.88. The van der Waals surface area contributed by atoms with Crippen LogP contribution in [0.4, 0.5) is 15.8 Å². The molecule has 0 radical (unpaired) electrons. The normalized spacial score (nSPS) is 10.2. The molecular weight excluding hydrogens is 343 g/mol. The number of halogens is 2. The largest absolute Gasteiger partial charge is 0.322 e. The lowest BCUT2D eigenvalue weighted by molar-refractivity contribution is -0.384. The van der Waals surface area contributed by atoms with Gasteiger partial charge in [0.15, 0.2) is 0 Å². The lowest BCUT2D eigenvalue weighted by Crippen LogP contribution is -2.13. The number of carbonyl (C=O) groups excluding carboxylic acids is 1. The molecule has 0 fully saturated rings. The quantitative estimate of drug-likeness (QED) is 0.668. The van der Waals surface area contributed by atoms with E-state index in [1.165, 1.54) is 30.3 Å². The highest BCUT2D eigenvalue weighted by Gasteiger charge is 2.14. The van der Waals surface area contributed by atoms with Gasteiger partial charge in [0.1, 0.15) is 5.82 Å². The van der Waals surface area contributed by atoms with Gasteiger partial charge in [0, 0.05) is 22.3 Å². The summed E-state index contributed by atoms with van der Waals surface area (Å²) in [7, 11) is 0. The molecule has 0 heterocycles. The molecule has 0 spiro atoms. The van der Waals surface area contributed by atoms with Gasteiger partial charge >= 0.3 is 0 Å². The number of rotatable bonds is 3. The van der Waals surface area contributed by atoms with E-state index >= 15 is 0 Å². The summed E-state index contributed by atoms with van der Waals surface area (Å²) < 4.78 is 13.7. The Kier molecular flexibility index (Phi) is 4.32. The molecule has 0 aromatic heterocycles. The number of carbonyl (C=O) groups is 1. The summed E-state index contributed by atoms with van der Waals surface area (Å²) in [6.07, 6.45) is 0. The number of hydrogen-bond acceptors (Lipinski definition) is 3. The molecule has 2 aromatic rings. The Labute approximate surface area is 128 Å². The van der Waals surface area contributed by atoms with E-state index in [4.69, 9.17) is 0 Å². The summed E-state index contributed by atoms with van der Waals surface area (Å²) in [6.45, 7) is 1.64. The highest BCUT2D eigenvalue weighted by atomic mass is 79.9. The molecule has 2 aromatic carbocycles. The van der Waals surface area contributed by atoms with Gasteiger partial charge in [-0.1, -0.05) is 0 Å². The molecule has 1 N–H and O–H groups in total. The van der Waals surface area contributed by atoms with E-state index in [1.807, 2.05) is 0 Å². The fourth-order valence-electron chi connectivity index (χ4n) is 1.76. The number of nitrogens with one attached hydrogen (secondary N) is 1. The van der Waals surface area contributed by atoms with Gasteiger partial charge in [-0.15, -0.1) is 0 Å². The summed E-state index contributed by atoms with van der Waals surface area (Å²) in [5.41, 5.74) is 1.07. The molecule has 1 amide bonds. The number of nitro groups is 1. The van der Waals surface area contributed by atoms with E-state index in [2.05, 4.69) is 21.2 Å². The van der Waals surface area contributed by atoms with Crippen molar-refractivity contribution in [1.82, 2.24) is 0 Å². The van der Waals surface area contributed by atoms with Gasteiger partial charge in [-0.05, 0) is 52.7 Å². The molecule has 0 aliphatic rings. The van der Waals surface area contributed by atoms with Crippen LogP contribution in [0, 0.1) is 22.9 Å². The minimum absolute atomic E-state index is 0.0579. The second-order valence-corrected chi connectivity index (χ2v) is 5.19. The average Bonchev–Trinajstić information content (AvgIpc) is 2.43. The zero-order valence-corrected chi connectivity index (χ0v) is 12.5. The fourth-order valence-corrected chi connectivity index (χ4v) is 2.19. The second kappa shape index (κ2) is 6.01. The number of amides is 1. The lowest BCUT2D eigenvalue weighted by Gasteiger charge is -2.09. The van der Waals surface area contributed by atoms with Crippen LogP contribution in [-0.2, 0) is 0 Å². The highest BCUT2D eigenvalue weighted by Crippen LogP contribution is 2.23. The molecule has 0 atom stereocenters. The Morgan fingerprint density at radius 1 is 1.29 bits per heavy atom. The van der Waals surface area contributed by atoms with Crippen molar-refractivity contribution in [3.8, 4) is 0 Å². The van der Waals surface area contributed by atoms with Crippen LogP contribution in [0.2, 0.25) is 0 Å². The molecule has 0 aliphatic carbocycles. The zero-order chi connectivity index (χ0) is 15.6. The van der Waals surface area contributed by atoms with Gasteiger partial charge in [0.2, 0.25) is 0 Å². The van der Waals surface area contributed by atoms with Gasteiger partial charge in [-0.25, -0.2) is 4.39 Å². The molecule has 108 valence electrons. The fraction of sp³-hybridized carbons (Fsp3) is 0.0714. The van der Waals surface area contributed by atoms with Crippen molar-refractivity contribution < 1.29 is 14.1 Å². The monoisotopic (exact) mass is 352 g/mol. The first-order valence-electron chi connectivity index (χ1n) is 5.90. The van der Waals surface area contributed by atoms with Crippen LogP contribution in [0.5, 0.6) is 0 Å². The van der Waals surface area contributed by atoms with Crippen LogP contribution < -0.4 is 5.32 Å². The SMILES string of the molecule is Cc1cc([N+](=O)[O-])ccc1NC(=O)c1cc(F)ccc1Br. The van der Waals surface area contributed by atoms with E-state index in [0.29, 0.717) is 15.7 Å². The van der Waals surface area contributed by atoms with E-state index in [9.17, 15) is 19.3 Å². The number of nitro benzene ring substituents is 1. The summed E-state index contributed by atoms with van der Waals surface area (Å²) in [5.74, 6) is -1.03. The van der Waals surface area contributed by atoms with Gasteiger partial charge in [0.05, 0.1) is 10.5 Å². The smallest absolute Gasteiger partial charge is 0.269 e. The number of anilines is 1. The van der Waals surface area contributed by atoms with Crippen molar-refractivity contribution in [1.29, 1.82) is 0 Å². The van der Waals surface area contributed by atoms with Crippen molar-refractivity contribution in [3.63, 3.8) is 0 Å². The predicted molar refractivity (Wildman–Crippen MR) is 79.9 cm³/mol. The van der Waals surface area contributed by atoms with Crippen LogP contribution in [-0.4, -0.2) is 10.8 Å². The number of benzene rings is 2. The van der Waals surface area contributed by atoms with Crippen molar-refractivity contribution in [2.75, 3.05) is 5.32 Å². The van der Waals surface area contributed by atoms with Gasteiger partial charge in [-0.2, -0.15) is 0 Å². The Morgan fingerprint density at radius 3 is 2.62 bits per heavy atom. The Bertz CT molecular complexity index is 734. The second-order valence-electron chi connectivity index (χ2n) is 4.33. The molecular formula is C14H10BrFN2O3. The molecule has 5 nitrogen and oxygen atoms in total. The van der Waals surface area contributed by atoms with Crippen LogP contribution in [0.15, 0.2) is 40.9 Å². The van der Waals surface area contributed by atoms with Crippen molar-refractivity contribution in [3.05, 3.63) is 67.9 Å². The minimum Gasteiger partial charge on any atom is -0.322 e. The Morgan fingerprint density at radius 2 is 2.00 bits per heavy atom. The molecule has 7 heteroatoms. The first kappa shape index (κ1) is 15.1. The third kappa shape index (κ3) is 3.43. The summed E-state index contributed by atoms with van der Waals surface area (Å²) in [4.78, 5) is 22.3. The minimum atomic E-state index is -0.524. The molecule has 0 saturated carbocycles. The van der Waals surface area contributed by atoms with Crippen LogP contribution in [0.3, 0.4) is 0 Å². The van der Waals surface area contributed by atoms with Crippen LogP contribution in [0.1, 0.15) is 15.9 Å². The molecule has 0 saturated heterocycles. The zero-order valence-electron chi connectivity index (χ0n) is 10.9. The average molecular weight is 353 g/mol. The Balaban J connectivity index is 2.27. The van der Waals surface area contributed by atoms with E-state index < -0.39 is 16.6 Å². The first-order valence-corrected chi connectivity index (χ1v) is 6.69. The van der Waals surface area contributed by atoms with Gasteiger partial charge in [-0.3, -0.25) is 14.9 Å². The maximum atomic E-state index is 13.2. The molecule has 2 rings (SSSR count). The summed E-state index contributed by atoms with van der Waals surface area (Å²) >= 11 is 3.18. The van der Waals surface area contributed by atoms with Gasteiger partial charge in [0.25, 0.3) is 11.6 Å². The van der Waals surface area contributed by atoms with Crippen molar-refractivity contribution >= 4 is 33.2 Å². The lowest BCUT2D eigenvalue weighted by atomic mass is 10.1. The summed E-state index contributed by atoms with van der Waals surface area (Å²) in [5, 5.41) is 13.3. The maximum absolute atomic E-state index is 13.2. The number of non-ortho nitro benzene ring substituents is 1. The first-order chi connectivity index (χ1) is 9.88. The highest BCUT2D eigenvalue weighted by molar-refractivity contribution is 9.10. The standard InChI is InChI=1S/C14H10BrFN2O3/c1-8-6-10(18(20)21)3-5-13(8)17-14(19)11-7-9(16)2-4-12(11)15/h2-7H,1H3,(H,17,19). The number of aryl methyl sites for hydroxylation is 1. The van der Waals surface area contributed by atoms with Crippen LogP contribution >= 0.6 is 15.9 Å². The number of nitrogens with zero attached hydrogens (tertiary/aromatic N) is 1. The molecule has 0 bridgehead atoms. The van der Waals surface area contributed by atoms with Crippen molar-refractivity contribution in [2.45, 2.75) is 6.92 Å².